The number of pyridine rings is 1. The maximum Gasteiger partial charge on any atom is 0.155 e. The third-order valence-corrected chi connectivity index (χ3v) is 2.64. The fourth-order valence-electron chi connectivity index (χ4n) is 1.74. The van der Waals surface area contributed by atoms with E-state index in [-0.39, 0.29) is 0 Å². The zero-order chi connectivity index (χ0) is 9.54. The molecule has 0 unspecified atom stereocenters. The molecule has 0 N–H and O–H groups in total. The number of fused-ring (bicyclic) bond motifs is 1. The summed E-state index contributed by atoms with van der Waals surface area (Å²) in [5.41, 5.74) is 2.17. The number of hydrogen-bond acceptors (Lipinski definition) is 3. The summed E-state index contributed by atoms with van der Waals surface area (Å²) in [4.78, 5) is 6.63. The zero-order valence-corrected chi connectivity index (χ0v) is 8.14. The van der Waals surface area contributed by atoms with E-state index in [4.69, 9.17) is 0 Å². The molecule has 0 saturated carbocycles. The largest absolute Gasteiger partial charge is 0.370 e. The molecule has 72 valence electrons. The summed E-state index contributed by atoms with van der Waals surface area (Å²) < 4.78 is 1.85. The van der Waals surface area contributed by atoms with Gasteiger partial charge >= 0.3 is 0 Å². The Morgan fingerprint density at radius 1 is 1.29 bits per heavy atom. The van der Waals surface area contributed by atoms with E-state index in [0.717, 1.165) is 11.5 Å². The third-order valence-electron chi connectivity index (χ3n) is 2.64. The van der Waals surface area contributed by atoms with Gasteiger partial charge in [0, 0.05) is 13.1 Å². The molecular formula is C10H12N4. The lowest BCUT2D eigenvalue weighted by molar-refractivity contribution is 0.615. The lowest BCUT2D eigenvalue weighted by Crippen LogP contribution is -2.37. The summed E-state index contributed by atoms with van der Waals surface area (Å²) >= 11 is 0. The van der Waals surface area contributed by atoms with Crippen LogP contribution < -0.4 is 4.90 Å². The predicted molar refractivity (Wildman–Crippen MR) is 54.6 cm³/mol. The SMILES string of the molecule is Cc1nc2ccc(N3CCC3)cn2n1. The van der Waals surface area contributed by atoms with E-state index in [1.54, 1.807) is 0 Å². The number of aromatic nitrogens is 3. The van der Waals surface area contributed by atoms with Gasteiger partial charge in [-0.1, -0.05) is 0 Å². The summed E-state index contributed by atoms with van der Waals surface area (Å²) in [6.07, 6.45) is 3.35. The normalized spacial score (nSPS) is 15.9. The molecule has 4 nitrogen and oxygen atoms in total. The topological polar surface area (TPSA) is 33.4 Å². The fourth-order valence-corrected chi connectivity index (χ4v) is 1.74. The number of nitrogens with zero attached hydrogens (tertiary/aromatic N) is 4. The van der Waals surface area contributed by atoms with E-state index in [0.29, 0.717) is 0 Å². The average molecular weight is 188 g/mol. The Hall–Kier alpha value is -1.58. The molecule has 3 heterocycles. The van der Waals surface area contributed by atoms with Crippen LogP contribution in [0.4, 0.5) is 5.69 Å². The average Bonchev–Trinajstić information content (AvgIpc) is 2.40. The van der Waals surface area contributed by atoms with Crippen molar-refractivity contribution >= 4 is 11.3 Å². The molecule has 0 aromatic carbocycles. The van der Waals surface area contributed by atoms with Crippen molar-refractivity contribution in [3.63, 3.8) is 0 Å². The third kappa shape index (κ3) is 1.07. The van der Waals surface area contributed by atoms with Crippen molar-refractivity contribution in [1.29, 1.82) is 0 Å². The Bertz CT molecular complexity index is 470. The van der Waals surface area contributed by atoms with Crippen molar-refractivity contribution in [2.45, 2.75) is 13.3 Å². The van der Waals surface area contributed by atoms with Gasteiger partial charge in [-0.2, -0.15) is 5.10 Å². The van der Waals surface area contributed by atoms with E-state index < -0.39 is 0 Å². The van der Waals surface area contributed by atoms with Crippen LogP contribution in [-0.2, 0) is 0 Å². The van der Waals surface area contributed by atoms with Crippen LogP contribution >= 0.6 is 0 Å². The van der Waals surface area contributed by atoms with Crippen molar-refractivity contribution in [3.8, 4) is 0 Å². The van der Waals surface area contributed by atoms with Crippen LogP contribution in [0.25, 0.3) is 5.65 Å². The molecule has 3 rings (SSSR count). The van der Waals surface area contributed by atoms with Gasteiger partial charge < -0.3 is 4.90 Å². The minimum Gasteiger partial charge on any atom is -0.370 e. The van der Waals surface area contributed by atoms with Gasteiger partial charge in [0.1, 0.15) is 5.82 Å². The molecule has 4 heteroatoms. The molecule has 0 radical (unpaired) electrons. The van der Waals surface area contributed by atoms with Crippen molar-refractivity contribution in [2.75, 3.05) is 18.0 Å². The van der Waals surface area contributed by atoms with Crippen LogP contribution in [0.3, 0.4) is 0 Å². The van der Waals surface area contributed by atoms with Crippen molar-refractivity contribution < 1.29 is 0 Å². The highest BCUT2D eigenvalue weighted by Gasteiger charge is 2.14. The lowest BCUT2D eigenvalue weighted by atomic mass is 10.2. The summed E-state index contributed by atoms with van der Waals surface area (Å²) in [7, 11) is 0. The Labute approximate surface area is 82.2 Å². The summed E-state index contributed by atoms with van der Waals surface area (Å²) in [6, 6.07) is 4.14. The van der Waals surface area contributed by atoms with E-state index in [9.17, 15) is 0 Å². The molecular weight excluding hydrogens is 176 g/mol. The fraction of sp³-hybridized carbons (Fsp3) is 0.400. The van der Waals surface area contributed by atoms with Crippen LogP contribution in [0.5, 0.6) is 0 Å². The van der Waals surface area contributed by atoms with E-state index in [2.05, 4.69) is 27.2 Å². The number of hydrogen-bond donors (Lipinski definition) is 0. The molecule has 14 heavy (non-hydrogen) atoms. The number of anilines is 1. The molecule has 2 aromatic rings. The Kier molecular flexibility index (Phi) is 1.50. The van der Waals surface area contributed by atoms with E-state index in [1.165, 1.54) is 25.2 Å². The number of aryl methyl sites for hydroxylation is 1. The first-order valence-corrected chi connectivity index (χ1v) is 4.91. The molecule has 2 aromatic heterocycles. The first-order chi connectivity index (χ1) is 6.83. The first-order valence-electron chi connectivity index (χ1n) is 4.91. The maximum atomic E-state index is 4.29. The van der Waals surface area contributed by atoms with Gasteiger partial charge in [-0.05, 0) is 25.5 Å². The van der Waals surface area contributed by atoms with Gasteiger partial charge in [-0.25, -0.2) is 9.50 Å². The minimum absolute atomic E-state index is 0.825. The molecule has 1 saturated heterocycles. The summed E-state index contributed by atoms with van der Waals surface area (Å²) in [5.74, 6) is 0.825. The highest BCUT2D eigenvalue weighted by Crippen LogP contribution is 2.20. The van der Waals surface area contributed by atoms with E-state index >= 15 is 0 Å². The zero-order valence-electron chi connectivity index (χ0n) is 8.14. The number of rotatable bonds is 1. The van der Waals surface area contributed by atoms with Crippen molar-refractivity contribution in [2.24, 2.45) is 0 Å². The van der Waals surface area contributed by atoms with Gasteiger partial charge in [-0.15, -0.1) is 0 Å². The van der Waals surface area contributed by atoms with Crippen LogP contribution in [-0.4, -0.2) is 27.7 Å². The summed E-state index contributed by atoms with van der Waals surface area (Å²) in [6.45, 7) is 4.24. The quantitative estimate of drug-likeness (QED) is 0.675. The van der Waals surface area contributed by atoms with Crippen LogP contribution in [0, 0.1) is 6.92 Å². The molecule has 1 aliphatic heterocycles. The van der Waals surface area contributed by atoms with Crippen LogP contribution in [0.15, 0.2) is 18.3 Å². The van der Waals surface area contributed by atoms with Crippen molar-refractivity contribution in [3.05, 3.63) is 24.2 Å². The van der Waals surface area contributed by atoms with Crippen LogP contribution in [0.1, 0.15) is 12.2 Å². The minimum atomic E-state index is 0.825. The van der Waals surface area contributed by atoms with Gasteiger partial charge in [0.2, 0.25) is 0 Å². The maximum absolute atomic E-state index is 4.29. The highest BCUT2D eigenvalue weighted by molar-refractivity contribution is 5.52. The van der Waals surface area contributed by atoms with Gasteiger partial charge in [-0.3, -0.25) is 0 Å². The second kappa shape index (κ2) is 2.70. The van der Waals surface area contributed by atoms with Crippen molar-refractivity contribution in [1.82, 2.24) is 14.6 Å². The summed E-state index contributed by atoms with van der Waals surface area (Å²) in [5, 5.41) is 4.29. The Balaban J connectivity index is 2.09. The predicted octanol–water partition coefficient (Wildman–Crippen LogP) is 1.25. The molecule has 0 aliphatic carbocycles. The monoisotopic (exact) mass is 188 g/mol. The second-order valence-electron chi connectivity index (χ2n) is 3.69. The lowest BCUT2D eigenvalue weighted by Gasteiger charge is -2.32. The molecule has 0 spiro atoms. The van der Waals surface area contributed by atoms with Gasteiger partial charge in [0.05, 0.1) is 11.9 Å². The smallest absolute Gasteiger partial charge is 0.155 e. The van der Waals surface area contributed by atoms with E-state index in [1.807, 2.05) is 17.5 Å². The van der Waals surface area contributed by atoms with Gasteiger partial charge in [0.15, 0.2) is 5.65 Å². The molecule has 1 aliphatic rings. The Morgan fingerprint density at radius 2 is 2.14 bits per heavy atom. The molecule has 0 atom stereocenters. The standard InChI is InChI=1S/C10H12N4/c1-8-11-10-4-3-9(7-14(10)12-8)13-5-2-6-13/h3-4,7H,2,5-6H2,1H3. The van der Waals surface area contributed by atoms with Crippen LogP contribution in [0.2, 0.25) is 0 Å². The first kappa shape index (κ1) is 7.79. The highest BCUT2D eigenvalue weighted by atomic mass is 15.3. The molecule has 0 amide bonds. The van der Waals surface area contributed by atoms with Gasteiger partial charge in [0.25, 0.3) is 0 Å². The second-order valence-corrected chi connectivity index (χ2v) is 3.69. The Morgan fingerprint density at radius 3 is 2.86 bits per heavy atom. The molecule has 1 fully saturated rings. The molecule has 0 bridgehead atoms.